The monoisotopic (exact) mass is 295 g/mol. The minimum atomic E-state index is -0.194. The molecule has 0 saturated heterocycles. The normalized spacial score (nSPS) is 12.9. The van der Waals surface area contributed by atoms with Crippen molar-refractivity contribution in [1.29, 1.82) is 0 Å². The van der Waals surface area contributed by atoms with Gasteiger partial charge in [0.1, 0.15) is 0 Å². The van der Waals surface area contributed by atoms with Gasteiger partial charge in [-0.2, -0.15) is 5.10 Å². The Balaban J connectivity index is 2.24. The highest BCUT2D eigenvalue weighted by Gasteiger charge is 2.19. The molecule has 2 aromatic rings. The molecule has 0 radical (unpaired) electrons. The van der Waals surface area contributed by atoms with Crippen molar-refractivity contribution in [3.63, 3.8) is 0 Å². The molecule has 17 heavy (non-hydrogen) atoms. The summed E-state index contributed by atoms with van der Waals surface area (Å²) in [5.74, 6) is 0.207. The Bertz CT molecular complexity index is 535. The SMILES string of the molecule is CC(C)[C@H](Br)C(=O)Nc1cccc2cn[nH]c12. The molecule has 2 rings (SSSR count). The zero-order valence-electron chi connectivity index (χ0n) is 9.70. The average molecular weight is 296 g/mol. The van der Waals surface area contributed by atoms with Crippen molar-refractivity contribution in [2.45, 2.75) is 18.7 Å². The Kier molecular flexibility index (Phi) is 3.47. The van der Waals surface area contributed by atoms with Gasteiger partial charge < -0.3 is 5.32 Å². The largest absolute Gasteiger partial charge is 0.323 e. The Hall–Kier alpha value is -1.36. The predicted octanol–water partition coefficient (Wildman–Crippen LogP) is 2.92. The second-order valence-corrected chi connectivity index (χ2v) is 5.26. The van der Waals surface area contributed by atoms with Crippen LogP contribution in [0.5, 0.6) is 0 Å². The van der Waals surface area contributed by atoms with E-state index < -0.39 is 0 Å². The fraction of sp³-hybridized carbons (Fsp3) is 0.333. The van der Waals surface area contributed by atoms with Crippen LogP contribution in [0, 0.1) is 5.92 Å². The van der Waals surface area contributed by atoms with Crippen LogP contribution in [0.4, 0.5) is 5.69 Å². The molecule has 1 aromatic carbocycles. The van der Waals surface area contributed by atoms with Crippen LogP contribution in [-0.2, 0) is 4.79 Å². The number of carbonyl (C=O) groups excluding carboxylic acids is 1. The summed E-state index contributed by atoms with van der Waals surface area (Å²) in [5.41, 5.74) is 1.61. The van der Waals surface area contributed by atoms with E-state index in [9.17, 15) is 4.79 Å². The number of aromatic amines is 1. The van der Waals surface area contributed by atoms with E-state index in [4.69, 9.17) is 0 Å². The molecule has 0 spiro atoms. The summed E-state index contributed by atoms with van der Waals surface area (Å²) in [7, 11) is 0. The first-order valence-electron chi connectivity index (χ1n) is 5.46. The molecule has 0 unspecified atom stereocenters. The standard InChI is InChI=1S/C12H14BrN3O/c1-7(2)10(13)12(17)15-9-5-3-4-8-6-14-16-11(8)9/h3-7,10H,1-2H3,(H,14,16)(H,15,17)/t10-/m0/s1. The fourth-order valence-corrected chi connectivity index (χ4v) is 1.69. The highest BCUT2D eigenvalue weighted by molar-refractivity contribution is 9.10. The Morgan fingerprint density at radius 3 is 2.94 bits per heavy atom. The molecule has 0 bridgehead atoms. The molecule has 0 fully saturated rings. The van der Waals surface area contributed by atoms with E-state index in [1.165, 1.54) is 0 Å². The third-order valence-corrected chi connectivity index (χ3v) is 4.04. The Labute approximate surface area is 108 Å². The molecule has 1 atom stereocenters. The first-order chi connectivity index (χ1) is 8.09. The van der Waals surface area contributed by atoms with Crippen LogP contribution in [-0.4, -0.2) is 20.9 Å². The number of carbonyl (C=O) groups is 1. The van der Waals surface area contributed by atoms with Crippen molar-refractivity contribution in [3.8, 4) is 0 Å². The van der Waals surface area contributed by atoms with Crippen LogP contribution in [0.15, 0.2) is 24.4 Å². The number of nitrogens with one attached hydrogen (secondary N) is 2. The molecule has 0 aliphatic carbocycles. The van der Waals surface area contributed by atoms with Gasteiger partial charge in [0.15, 0.2) is 0 Å². The number of benzene rings is 1. The minimum absolute atomic E-state index is 0.0397. The summed E-state index contributed by atoms with van der Waals surface area (Å²) in [6.07, 6.45) is 1.74. The van der Waals surface area contributed by atoms with Crippen molar-refractivity contribution in [2.75, 3.05) is 5.32 Å². The zero-order chi connectivity index (χ0) is 12.4. The van der Waals surface area contributed by atoms with Gasteiger partial charge in [0, 0.05) is 5.39 Å². The van der Waals surface area contributed by atoms with E-state index in [2.05, 4.69) is 31.4 Å². The highest BCUT2D eigenvalue weighted by Crippen LogP contribution is 2.22. The van der Waals surface area contributed by atoms with Crippen molar-refractivity contribution in [3.05, 3.63) is 24.4 Å². The molecule has 90 valence electrons. The minimum Gasteiger partial charge on any atom is -0.323 e. The number of alkyl halides is 1. The number of fused-ring (bicyclic) bond motifs is 1. The number of halogens is 1. The zero-order valence-corrected chi connectivity index (χ0v) is 11.3. The summed E-state index contributed by atoms with van der Waals surface area (Å²) < 4.78 is 0. The lowest BCUT2D eigenvalue weighted by molar-refractivity contribution is -0.116. The molecule has 2 N–H and O–H groups in total. The van der Waals surface area contributed by atoms with Crippen LogP contribution in [0.25, 0.3) is 10.9 Å². The van der Waals surface area contributed by atoms with Gasteiger partial charge in [0.25, 0.3) is 0 Å². The lowest BCUT2D eigenvalue weighted by Crippen LogP contribution is -2.27. The van der Waals surface area contributed by atoms with Gasteiger partial charge in [-0.15, -0.1) is 0 Å². The van der Waals surface area contributed by atoms with Crippen LogP contribution in [0.2, 0.25) is 0 Å². The molecule has 5 heteroatoms. The second kappa shape index (κ2) is 4.87. The highest BCUT2D eigenvalue weighted by atomic mass is 79.9. The van der Waals surface area contributed by atoms with E-state index in [0.717, 1.165) is 16.6 Å². The molecule has 4 nitrogen and oxygen atoms in total. The maximum atomic E-state index is 11.9. The van der Waals surface area contributed by atoms with Gasteiger partial charge >= 0.3 is 0 Å². The number of anilines is 1. The molecule has 1 heterocycles. The quantitative estimate of drug-likeness (QED) is 0.856. The molecule has 1 amide bonds. The van der Waals surface area contributed by atoms with Crippen LogP contribution in [0.1, 0.15) is 13.8 Å². The maximum Gasteiger partial charge on any atom is 0.238 e. The van der Waals surface area contributed by atoms with E-state index in [1.807, 2.05) is 32.0 Å². The Morgan fingerprint density at radius 1 is 1.47 bits per heavy atom. The molecule has 0 saturated carbocycles. The van der Waals surface area contributed by atoms with E-state index >= 15 is 0 Å². The number of para-hydroxylation sites is 1. The van der Waals surface area contributed by atoms with Gasteiger partial charge in [-0.1, -0.05) is 41.9 Å². The van der Waals surface area contributed by atoms with Gasteiger partial charge in [0.2, 0.25) is 5.91 Å². The van der Waals surface area contributed by atoms with Crippen molar-refractivity contribution < 1.29 is 4.79 Å². The van der Waals surface area contributed by atoms with Gasteiger partial charge in [-0.25, -0.2) is 0 Å². The number of hydrogen-bond acceptors (Lipinski definition) is 2. The van der Waals surface area contributed by atoms with Gasteiger partial charge in [-0.3, -0.25) is 9.89 Å². The smallest absolute Gasteiger partial charge is 0.238 e. The summed E-state index contributed by atoms with van der Waals surface area (Å²) >= 11 is 3.38. The lowest BCUT2D eigenvalue weighted by atomic mass is 10.1. The number of nitrogens with zero attached hydrogens (tertiary/aromatic N) is 1. The summed E-state index contributed by atoms with van der Waals surface area (Å²) in [4.78, 5) is 11.7. The van der Waals surface area contributed by atoms with Crippen LogP contribution < -0.4 is 5.32 Å². The number of rotatable bonds is 3. The third-order valence-electron chi connectivity index (χ3n) is 2.57. The maximum absolute atomic E-state index is 11.9. The summed E-state index contributed by atoms with van der Waals surface area (Å²) in [5, 5.41) is 10.7. The van der Waals surface area contributed by atoms with Gasteiger partial charge in [-0.05, 0) is 12.0 Å². The first-order valence-corrected chi connectivity index (χ1v) is 6.38. The number of hydrogen-bond donors (Lipinski definition) is 2. The third kappa shape index (κ3) is 2.49. The number of amides is 1. The van der Waals surface area contributed by atoms with Crippen LogP contribution in [0.3, 0.4) is 0 Å². The fourth-order valence-electron chi connectivity index (χ4n) is 1.58. The van der Waals surface area contributed by atoms with Crippen LogP contribution >= 0.6 is 15.9 Å². The molecule has 0 aliphatic heterocycles. The lowest BCUT2D eigenvalue weighted by Gasteiger charge is -2.14. The molecular formula is C12H14BrN3O. The van der Waals surface area contributed by atoms with Crippen molar-refractivity contribution >= 4 is 38.4 Å². The second-order valence-electron chi connectivity index (χ2n) is 4.27. The van der Waals surface area contributed by atoms with E-state index in [1.54, 1.807) is 6.20 Å². The molecule has 0 aliphatic rings. The predicted molar refractivity (Wildman–Crippen MR) is 72.3 cm³/mol. The molecular weight excluding hydrogens is 282 g/mol. The number of H-pyrrole nitrogens is 1. The van der Waals surface area contributed by atoms with Gasteiger partial charge in [0.05, 0.1) is 22.2 Å². The van der Waals surface area contributed by atoms with Crippen molar-refractivity contribution in [1.82, 2.24) is 10.2 Å². The topological polar surface area (TPSA) is 57.8 Å². The summed E-state index contributed by atoms with van der Waals surface area (Å²) in [6.45, 7) is 3.99. The van der Waals surface area contributed by atoms with E-state index in [0.29, 0.717) is 0 Å². The average Bonchev–Trinajstić information content (AvgIpc) is 2.76. The molecule has 1 aromatic heterocycles. The number of aromatic nitrogens is 2. The first kappa shape index (κ1) is 12.1. The summed E-state index contributed by atoms with van der Waals surface area (Å²) in [6, 6.07) is 5.70. The van der Waals surface area contributed by atoms with Crippen molar-refractivity contribution in [2.24, 2.45) is 5.92 Å². The van der Waals surface area contributed by atoms with E-state index in [-0.39, 0.29) is 16.7 Å². The Morgan fingerprint density at radius 2 is 2.24 bits per heavy atom.